The summed E-state index contributed by atoms with van der Waals surface area (Å²) in [5.74, 6) is -1.21. The van der Waals surface area contributed by atoms with E-state index in [1.165, 1.54) is 22.6 Å². The van der Waals surface area contributed by atoms with Crippen LogP contribution in [0.5, 0.6) is 0 Å². The average molecular weight is 662 g/mol. The molecule has 4 N–H and O–H groups in total. The van der Waals surface area contributed by atoms with E-state index in [0.29, 0.717) is 43.7 Å². The Morgan fingerprint density at radius 3 is 2.23 bits per heavy atom. The van der Waals surface area contributed by atoms with Crippen molar-refractivity contribution in [3.63, 3.8) is 0 Å². The van der Waals surface area contributed by atoms with Gasteiger partial charge in [0.1, 0.15) is 0 Å². The Balaban J connectivity index is 1.28. The lowest BCUT2D eigenvalue weighted by Gasteiger charge is -2.34. The van der Waals surface area contributed by atoms with Gasteiger partial charge in [0.25, 0.3) is 0 Å². The van der Waals surface area contributed by atoms with E-state index in [1.807, 2.05) is 0 Å². The summed E-state index contributed by atoms with van der Waals surface area (Å²) >= 11 is 0. The minimum Gasteiger partial charge on any atom is -0.481 e. The Morgan fingerprint density at radius 1 is 0.851 bits per heavy atom. The van der Waals surface area contributed by atoms with E-state index in [-0.39, 0.29) is 79.7 Å². The summed E-state index contributed by atoms with van der Waals surface area (Å²) in [4.78, 5) is 67.7. The summed E-state index contributed by atoms with van der Waals surface area (Å²) in [6.45, 7) is 4.81. The topological polar surface area (TPSA) is 157 Å². The summed E-state index contributed by atoms with van der Waals surface area (Å²) in [5.41, 5.74) is 0. The van der Waals surface area contributed by atoms with Crippen molar-refractivity contribution < 1.29 is 33.8 Å². The summed E-state index contributed by atoms with van der Waals surface area (Å²) in [6, 6.07) is 0.564. The van der Waals surface area contributed by atoms with Crippen molar-refractivity contribution in [2.75, 3.05) is 39.8 Å². The van der Waals surface area contributed by atoms with Crippen LogP contribution in [0.15, 0.2) is 0 Å². The molecular formula is C35H59N5O7. The van der Waals surface area contributed by atoms with Crippen LogP contribution in [0.25, 0.3) is 0 Å². The zero-order chi connectivity index (χ0) is 33.9. The largest absolute Gasteiger partial charge is 0.481 e. The molecule has 0 aromatic carbocycles. The highest BCUT2D eigenvalue weighted by molar-refractivity contribution is 5.89. The number of carboxylic acids is 1. The van der Waals surface area contributed by atoms with Crippen LogP contribution in [-0.2, 0) is 28.7 Å². The number of amides is 4. The van der Waals surface area contributed by atoms with Crippen LogP contribution >= 0.6 is 0 Å². The van der Waals surface area contributed by atoms with Crippen LogP contribution in [0, 0.1) is 23.7 Å². The Morgan fingerprint density at radius 2 is 1.55 bits per heavy atom. The van der Waals surface area contributed by atoms with Crippen molar-refractivity contribution in [1.82, 2.24) is 25.8 Å². The molecule has 0 radical (unpaired) electrons. The first kappa shape index (κ1) is 37.1. The highest BCUT2D eigenvalue weighted by Crippen LogP contribution is 2.35. The van der Waals surface area contributed by atoms with Gasteiger partial charge in [0.2, 0.25) is 23.6 Å². The minimum absolute atomic E-state index is 0.0257. The number of hydrogen-bond acceptors (Lipinski definition) is 7. The van der Waals surface area contributed by atoms with Gasteiger partial charge in [0, 0.05) is 50.8 Å². The molecule has 47 heavy (non-hydrogen) atoms. The molecule has 5 unspecified atom stereocenters. The SMILES string of the molecule is COC1CCCC(C(=O)N(CCC(=O)O)CC(=O)N(CCC(C)C)CC(=O)NC2CCC(NC(=O)C3CNC4CCCCC43)CC2)C1. The molecule has 12 heteroatoms. The maximum absolute atomic E-state index is 13.6. The van der Waals surface area contributed by atoms with Crippen molar-refractivity contribution in [2.24, 2.45) is 23.7 Å². The number of nitrogens with zero attached hydrogens (tertiary/aromatic N) is 2. The maximum atomic E-state index is 13.6. The predicted octanol–water partition coefficient (Wildman–Crippen LogP) is 2.69. The molecule has 0 aromatic heterocycles. The van der Waals surface area contributed by atoms with E-state index in [2.05, 4.69) is 29.8 Å². The van der Waals surface area contributed by atoms with Crippen LogP contribution in [-0.4, -0.2) is 109 Å². The number of methoxy groups -OCH3 is 1. The maximum Gasteiger partial charge on any atom is 0.305 e. The van der Waals surface area contributed by atoms with Crippen molar-refractivity contribution in [3.05, 3.63) is 0 Å². The third kappa shape index (κ3) is 11.2. The Bertz CT molecular complexity index is 1080. The molecule has 0 aromatic rings. The number of carbonyl (C=O) groups excluding carboxylic acids is 4. The van der Waals surface area contributed by atoms with E-state index in [0.717, 1.165) is 57.9 Å². The van der Waals surface area contributed by atoms with Gasteiger partial charge in [-0.05, 0) is 76.0 Å². The monoisotopic (exact) mass is 661 g/mol. The number of fused-ring (bicyclic) bond motifs is 1. The highest BCUT2D eigenvalue weighted by Gasteiger charge is 2.41. The molecule has 3 aliphatic carbocycles. The van der Waals surface area contributed by atoms with E-state index >= 15 is 0 Å². The molecule has 1 saturated heterocycles. The number of nitrogens with one attached hydrogen (secondary N) is 3. The second-order valence-corrected chi connectivity index (χ2v) is 14.8. The van der Waals surface area contributed by atoms with E-state index in [4.69, 9.17) is 4.74 Å². The fraction of sp³-hybridized carbons (Fsp3) is 0.857. The van der Waals surface area contributed by atoms with Gasteiger partial charge in [-0.2, -0.15) is 0 Å². The Hall–Kier alpha value is -2.73. The third-order valence-electron chi connectivity index (χ3n) is 10.9. The van der Waals surface area contributed by atoms with Gasteiger partial charge in [0.15, 0.2) is 0 Å². The quantitative estimate of drug-likeness (QED) is 0.209. The zero-order valence-electron chi connectivity index (χ0n) is 28.8. The zero-order valence-corrected chi connectivity index (χ0v) is 28.8. The first-order valence-corrected chi connectivity index (χ1v) is 18.2. The number of carbonyl (C=O) groups is 5. The van der Waals surface area contributed by atoms with Crippen molar-refractivity contribution in [3.8, 4) is 0 Å². The average Bonchev–Trinajstić information content (AvgIpc) is 3.50. The molecule has 3 saturated carbocycles. The van der Waals surface area contributed by atoms with Crippen molar-refractivity contribution in [2.45, 2.75) is 128 Å². The van der Waals surface area contributed by atoms with Gasteiger partial charge >= 0.3 is 5.97 Å². The summed E-state index contributed by atoms with van der Waals surface area (Å²) < 4.78 is 5.48. The summed E-state index contributed by atoms with van der Waals surface area (Å²) in [5, 5.41) is 19.3. The molecule has 4 aliphatic rings. The molecule has 0 spiro atoms. The van der Waals surface area contributed by atoms with E-state index in [9.17, 15) is 29.1 Å². The standard InChI is InChI=1S/C35H59N5O7/c1-23(2)15-17-39(32(42)22-40(18-16-33(43)44)35(46)24-7-6-8-27(19-24)47-3)21-31(41)37-25-11-13-26(14-12-25)38-34(45)29-20-36-30-10-5-4-9-28(29)30/h23-30,36H,4-22H2,1-3H3,(H,37,41)(H,38,45)(H,43,44). The van der Waals surface area contributed by atoms with Gasteiger partial charge in [-0.1, -0.05) is 33.1 Å². The van der Waals surface area contributed by atoms with Crippen molar-refractivity contribution >= 4 is 29.6 Å². The molecule has 0 bridgehead atoms. The Labute approximate surface area is 280 Å². The number of aliphatic carboxylic acids is 1. The van der Waals surface area contributed by atoms with E-state index < -0.39 is 5.97 Å². The van der Waals surface area contributed by atoms with Gasteiger partial charge in [-0.25, -0.2) is 0 Å². The second kappa shape index (κ2) is 18.1. The molecule has 12 nitrogen and oxygen atoms in total. The highest BCUT2D eigenvalue weighted by atomic mass is 16.5. The Kier molecular flexibility index (Phi) is 14.3. The first-order valence-electron chi connectivity index (χ1n) is 18.2. The van der Waals surface area contributed by atoms with E-state index in [1.54, 1.807) is 7.11 Å². The van der Waals surface area contributed by atoms with Crippen molar-refractivity contribution in [1.29, 1.82) is 0 Å². The lowest BCUT2D eigenvalue weighted by atomic mass is 9.79. The minimum atomic E-state index is -1.03. The lowest BCUT2D eigenvalue weighted by Crippen LogP contribution is -2.51. The first-order chi connectivity index (χ1) is 22.5. The van der Waals surface area contributed by atoms with Gasteiger partial charge in [-0.15, -0.1) is 0 Å². The number of ether oxygens (including phenoxy) is 1. The smallest absolute Gasteiger partial charge is 0.305 e. The third-order valence-corrected chi connectivity index (χ3v) is 10.9. The molecule has 266 valence electrons. The second-order valence-electron chi connectivity index (χ2n) is 14.8. The van der Waals surface area contributed by atoms with Crippen LogP contribution in [0.3, 0.4) is 0 Å². The number of carboxylic acid groups (broad SMARTS) is 1. The predicted molar refractivity (Wildman–Crippen MR) is 177 cm³/mol. The van der Waals surface area contributed by atoms with Crippen LogP contribution in [0.1, 0.15) is 104 Å². The fourth-order valence-electron chi connectivity index (χ4n) is 8.06. The van der Waals surface area contributed by atoms with Gasteiger partial charge in [-0.3, -0.25) is 24.0 Å². The molecule has 4 rings (SSSR count). The number of hydrogen-bond donors (Lipinski definition) is 4. The van der Waals surface area contributed by atoms with Crippen LogP contribution in [0.4, 0.5) is 0 Å². The molecule has 4 amide bonds. The molecule has 5 atom stereocenters. The molecule has 4 fully saturated rings. The normalized spacial score (nSPS) is 29.1. The van der Waals surface area contributed by atoms with Crippen LogP contribution in [0.2, 0.25) is 0 Å². The van der Waals surface area contributed by atoms with Crippen LogP contribution < -0.4 is 16.0 Å². The number of rotatable bonds is 15. The van der Waals surface area contributed by atoms with Gasteiger partial charge < -0.3 is 35.6 Å². The van der Waals surface area contributed by atoms with Gasteiger partial charge in [0.05, 0.1) is 31.5 Å². The summed E-state index contributed by atoms with van der Waals surface area (Å²) in [6.07, 6.45) is 11.2. The molecule has 1 heterocycles. The fourth-order valence-corrected chi connectivity index (χ4v) is 8.06. The molecule has 1 aliphatic heterocycles. The molecular weight excluding hydrogens is 602 g/mol. The summed E-state index contributed by atoms with van der Waals surface area (Å²) in [7, 11) is 1.63. The lowest BCUT2D eigenvalue weighted by molar-refractivity contribution is -0.147.